The monoisotopic (exact) mass is 282 g/mol. The van der Waals surface area contributed by atoms with Gasteiger partial charge in [0.25, 0.3) is 0 Å². The number of carboxylic acid groups (broad SMARTS) is 1. The van der Waals surface area contributed by atoms with Gasteiger partial charge in [0.05, 0.1) is 7.11 Å². The Kier molecular flexibility index (Phi) is 5.96. The average molecular weight is 283 g/mol. The molecule has 1 aromatic rings. The quantitative estimate of drug-likeness (QED) is 0.813. The van der Waals surface area contributed by atoms with E-state index in [-0.39, 0.29) is 0 Å². The molecular weight excluding hydrogens is 268 g/mol. The van der Waals surface area contributed by atoms with Crippen LogP contribution in [0, 0.1) is 0 Å². The highest BCUT2D eigenvalue weighted by molar-refractivity contribution is 6.25. The largest absolute Gasteiger partial charge is 0.497 e. The van der Waals surface area contributed by atoms with Crippen LogP contribution in [0.4, 0.5) is 0 Å². The summed E-state index contributed by atoms with van der Waals surface area (Å²) in [5.41, 5.74) is 2.94. The van der Waals surface area contributed by atoms with Crippen LogP contribution in [0.1, 0.15) is 12.5 Å². The number of halogens is 1. The van der Waals surface area contributed by atoms with Crippen molar-refractivity contribution in [3.8, 4) is 11.5 Å². The van der Waals surface area contributed by atoms with Gasteiger partial charge in [-0.15, -0.1) is 0 Å². The fourth-order valence-electron chi connectivity index (χ4n) is 1.30. The number of methoxy groups -OCH3 is 1. The summed E-state index contributed by atoms with van der Waals surface area (Å²) in [6, 6.07) is 5.17. The highest BCUT2D eigenvalue weighted by Crippen LogP contribution is 2.26. The summed E-state index contributed by atoms with van der Waals surface area (Å²) in [6.07, 6.45) is 2.51. The predicted octanol–water partition coefficient (Wildman–Crippen LogP) is 3.31. The van der Waals surface area contributed by atoms with E-state index in [1.165, 1.54) is 11.6 Å². The van der Waals surface area contributed by atoms with E-state index in [4.69, 9.17) is 26.2 Å². The number of aliphatic carboxylic acids is 1. The standard InChI is InChI=1S/C14H15ClO4/c1-10(8-15)9-19-13-5-4-12(18-2)7-11(13)3-6-14(16)17/h3-8H,9H2,1-2H3,(H,16,17)/b6-3+,10-8+. The summed E-state index contributed by atoms with van der Waals surface area (Å²) in [4.78, 5) is 10.6. The van der Waals surface area contributed by atoms with Crippen molar-refractivity contribution in [2.75, 3.05) is 13.7 Å². The molecule has 0 aliphatic carbocycles. The van der Waals surface area contributed by atoms with Crippen LogP contribution in [0.25, 0.3) is 6.08 Å². The Morgan fingerprint density at radius 2 is 2.21 bits per heavy atom. The van der Waals surface area contributed by atoms with E-state index in [0.717, 1.165) is 11.6 Å². The molecule has 0 radical (unpaired) electrons. The van der Waals surface area contributed by atoms with Crippen LogP contribution in [-0.2, 0) is 4.79 Å². The zero-order chi connectivity index (χ0) is 14.3. The third kappa shape index (κ3) is 5.06. The molecule has 0 atom stereocenters. The van der Waals surface area contributed by atoms with Crippen molar-refractivity contribution < 1.29 is 19.4 Å². The van der Waals surface area contributed by atoms with E-state index in [9.17, 15) is 4.79 Å². The van der Waals surface area contributed by atoms with Crippen molar-refractivity contribution in [1.82, 2.24) is 0 Å². The molecule has 0 fully saturated rings. The molecule has 19 heavy (non-hydrogen) atoms. The number of hydrogen-bond donors (Lipinski definition) is 1. The van der Waals surface area contributed by atoms with E-state index >= 15 is 0 Å². The van der Waals surface area contributed by atoms with Gasteiger partial charge in [-0.05, 0) is 36.8 Å². The minimum Gasteiger partial charge on any atom is -0.497 e. The molecule has 0 saturated heterocycles. The first-order valence-electron chi connectivity index (χ1n) is 5.54. The number of hydrogen-bond acceptors (Lipinski definition) is 3. The van der Waals surface area contributed by atoms with Crippen LogP contribution in [-0.4, -0.2) is 24.8 Å². The van der Waals surface area contributed by atoms with Gasteiger partial charge in [-0.3, -0.25) is 0 Å². The van der Waals surface area contributed by atoms with Crippen molar-refractivity contribution in [2.24, 2.45) is 0 Å². The topological polar surface area (TPSA) is 55.8 Å². The molecule has 5 heteroatoms. The lowest BCUT2D eigenvalue weighted by atomic mass is 10.1. The number of carboxylic acids is 1. The molecule has 0 spiro atoms. The summed E-state index contributed by atoms with van der Waals surface area (Å²) in [5, 5.41) is 8.66. The number of carbonyl (C=O) groups is 1. The van der Waals surface area contributed by atoms with Crippen molar-refractivity contribution in [3.63, 3.8) is 0 Å². The first kappa shape index (κ1) is 15.1. The molecule has 0 heterocycles. The van der Waals surface area contributed by atoms with Gasteiger partial charge in [-0.2, -0.15) is 0 Å². The van der Waals surface area contributed by atoms with E-state index < -0.39 is 5.97 Å². The molecule has 1 rings (SSSR count). The molecule has 0 aromatic heterocycles. The van der Waals surface area contributed by atoms with Crippen molar-refractivity contribution in [3.05, 3.63) is 40.9 Å². The van der Waals surface area contributed by atoms with Crippen LogP contribution in [0.5, 0.6) is 11.5 Å². The molecule has 0 aliphatic heterocycles. The van der Waals surface area contributed by atoms with Crippen molar-refractivity contribution >= 4 is 23.6 Å². The Balaban J connectivity index is 2.98. The Hall–Kier alpha value is -1.94. The van der Waals surface area contributed by atoms with Gasteiger partial charge in [0, 0.05) is 17.2 Å². The van der Waals surface area contributed by atoms with Gasteiger partial charge in [-0.25, -0.2) is 4.79 Å². The number of ether oxygens (including phenoxy) is 2. The van der Waals surface area contributed by atoms with Gasteiger partial charge in [0.1, 0.15) is 18.1 Å². The summed E-state index contributed by atoms with van der Waals surface area (Å²) in [5.74, 6) is 0.170. The first-order valence-corrected chi connectivity index (χ1v) is 5.98. The van der Waals surface area contributed by atoms with Crippen LogP contribution >= 0.6 is 11.6 Å². The van der Waals surface area contributed by atoms with Gasteiger partial charge in [-0.1, -0.05) is 11.6 Å². The van der Waals surface area contributed by atoms with Gasteiger partial charge >= 0.3 is 5.97 Å². The Labute approximate surface area is 116 Å². The van der Waals surface area contributed by atoms with E-state index in [1.54, 1.807) is 25.3 Å². The normalized spacial score (nSPS) is 11.6. The van der Waals surface area contributed by atoms with Crippen molar-refractivity contribution in [1.29, 1.82) is 0 Å². The minimum atomic E-state index is -1.02. The van der Waals surface area contributed by atoms with Crippen LogP contribution in [0.2, 0.25) is 0 Å². The molecule has 0 amide bonds. The second kappa shape index (κ2) is 7.48. The zero-order valence-electron chi connectivity index (χ0n) is 10.7. The lowest BCUT2D eigenvalue weighted by Crippen LogP contribution is -2.00. The van der Waals surface area contributed by atoms with E-state index in [2.05, 4.69) is 0 Å². The molecular formula is C14H15ClO4. The fourth-order valence-corrected chi connectivity index (χ4v) is 1.36. The molecule has 0 saturated carbocycles. The maximum Gasteiger partial charge on any atom is 0.328 e. The second-order valence-electron chi connectivity index (χ2n) is 3.82. The Bertz CT molecular complexity index is 506. The van der Waals surface area contributed by atoms with Gasteiger partial charge < -0.3 is 14.6 Å². The molecule has 0 aliphatic rings. The summed E-state index contributed by atoms with van der Waals surface area (Å²) < 4.78 is 10.7. The molecule has 0 unspecified atom stereocenters. The van der Waals surface area contributed by atoms with Crippen molar-refractivity contribution in [2.45, 2.75) is 6.92 Å². The second-order valence-corrected chi connectivity index (χ2v) is 4.04. The number of rotatable bonds is 6. The first-order chi connectivity index (χ1) is 9.06. The summed E-state index contributed by atoms with van der Waals surface area (Å²) in [6.45, 7) is 2.17. The lowest BCUT2D eigenvalue weighted by molar-refractivity contribution is -0.131. The average Bonchev–Trinajstić information content (AvgIpc) is 2.42. The number of benzene rings is 1. The lowest BCUT2D eigenvalue weighted by Gasteiger charge is -2.10. The zero-order valence-corrected chi connectivity index (χ0v) is 11.5. The third-order valence-electron chi connectivity index (χ3n) is 2.26. The molecule has 1 N–H and O–H groups in total. The SMILES string of the molecule is COc1ccc(OC/C(C)=C/Cl)c(/C=C/C(=O)O)c1. The minimum absolute atomic E-state index is 0.337. The highest BCUT2D eigenvalue weighted by atomic mass is 35.5. The summed E-state index contributed by atoms with van der Waals surface area (Å²) >= 11 is 5.55. The van der Waals surface area contributed by atoms with E-state index in [1.807, 2.05) is 6.92 Å². The maximum absolute atomic E-state index is 10.6. The van der Waals surface area contributed by atoms with Crippen LogP contribution in [0.15, 0.2) is 35.4 Å². The molecule has 102 valence electrons. The smallest absolute Gasteiger partial charge is 0.328 e. The van der Waals surface area contributed by atoms with Gasteiger partial charge in [0.15, 0.2) is 0 Å². The van der Waals surface area contributed by atoms with Gasteiger partial charge in [0.2, 0.25) is 0 Å². The van der Waals surface area contributed by atoms with Crippen LogP contribution in [0.3, 0.4) is 0 Å². The third-order valence-corrected chi connectivity index (χ3v) is 2.64. The summed E-state index contributed by atoms with van der Waals surface area (Å²) in [7, 11) is 1.54. The Morgan fingerprint density at radius 3 is 2.79 bits per heavy atom. The highest BCUT2D eigenvalue weighted by Gasteiger charge is 2.04. The molecule has 1 aromatic carbocycles. The Morgan fingerprint density at radius 1 is 1.47 bits per heavy atom. The fraction of sp³-hybridized carbons (Fsp3) is 0.214. The maximum atomic E-state index is 10.6. The van der Waals surface area contributed by atoms with Crippen LogP contribution < -0.4 is 9.47 Å². The molecule has 0 bridgehead atoms. The molecule has 4 nitrogen and oxygen atoms in total. The van der Waals surface area contributed by atoms with E-state index in [0.29, 0.717) is 23.7 Å². The predicted molar refractivity (Wildman–Crippen MR) is 74.8 cm³/mol.